The first-order valence-corrected chi connectivity index (χ1v) is 8.50. The number of nitrogens with zero attached hydrogens (tertiary/aromatic N) is 1. The summed E-state index contributed by atoms with van der Waals surface area (Å²) >= 11 is 2.20. The van der Waals surface area contributed by atoms with Crippen molar-refractivity contribution in [3.63, 3.8) is 0 Å². The fourth-order valence-corrected chi connectivity index (χ4v) is 3.32. The molecule has 0 spiro atoms. The van der Waals surface area contributed by atoms with Crippen molar-refractivity contribution in [1.29, 1.82) is 0 Å². The molecule has 1 fully saturated rings. The van der Waals surface area contributed by atoms with Crippen molar-refractivity contribution >= 4 is 28.2 Å². The standard InChI is InChI=1S/C18H22FIN2/c1-6-14(16-10-15(20)7-8-17(16)19)9-18-12(4)21-13(5)22(18)11(2)3/h6-11,13,21H,4H2,1-3,5H3/b14-6+,18-9+. The third-order valence-electron chi connectivity index (χ3n) is 3.79. The van der Waals surface area contributed by atoms with Gasteiger partial charge in [-0.15, -0.1) is 0 Å². The summed E-state index contributed by atoms with van der Waals surface area (Å²) in [6.45, 7) is 12.4. The van der Waals surface area contributed by atoms with Gasteiger partial charge in [0.1, 0.15) is 5.82 Å². The van der Waals surface area contributed by atoms with Crippen LogP contribution in [0.4, 0.5) is 4.39 Å². The van der Waals surface area contributed by atoms with E-state index < -0.39 is 0 Å². The van der Waals surface area contributed by atoms with Crippen LogP contribution < -0.4 is 5.32 Å². The second kappa shape index (κ2) is 6.86. The number of hydrogen-bond acceptors (Lipinski definition) is 2. The van der Waals surface area contributed by atoms with Gasteiger partial charge in [-0.1, -0.05) is 12.7 Å². The van der Waals surface area contributed by atoms with E-state index in [9.17, 15) is 4.39 Å². The summed E-state index contributed by atoms with van der Waals surface area (Å²) < 4.78 is 15.2. The Hall–Kier alpha value is -1.30. The molecule has 1 heterocycles. The van der Waals surface area contributed by atoms with Gasteiger partial charge in [0.05, 0.1) is 17.6 Å². The summed E-state index contributed by atoms with van der Waals surface area (Å²) in [6.07, 6.45) is 4.15. The topological polar surface area (TPSA) is 15.3 Å². The van der Waals surface area contributed by atoms with Gasteiger partial charge in [-0.2, -0.15) is 0 Å². The molecule has 0 radical (unpaired) electrons. The lowest BCUT2D eigenvalue weighted by molar-refractivity contribution is 0.242. The number of halogens is 2. The predicted octanol–water partition coefficient (Wildman–Crippen LogP) is 4.89. The van der Waals surface area contributed by atoms with E-state index in [1.165, 1.54) is 6.07 Å². The lowest BCUT2D eigenvalue weighted by Crippen LogP contribution is -2.36. The van der Waals surface area contributed by atoms with Gasteiger partial charge in [0.25, 0.3) is 0 Å². The molecular formula is C18H22FIN2. The molecule has 2 rings (SSSR count). The zero-order chi connectivity index (χ0) is 16.4. The van der Waals surface area contributed by atoms with Crippen LogP contribution in [0.15, 0.2) is 48.3 Å². The van der Waals surface area contributed by atoms with Gasteiger partial charge in [0, 0.05) is 15.2 Å². The molecule has 118 valence electrons. The molecule has 1 atom stereocenters. The number of allylic oxidation sites excluding steroid dienone is 3. The number of nitrogens with one attached hydrogen (secondary N) is 1. The van der Waals surface area contributed by atoms with Gasteiger partial charge in [-0.25, -0.2) is 4.39 Å². The lowest BCUT2D eigenvalue weighted by atomic mass is 10.0. The summed E-state index contributed by atoms with van der Waals surface area (Å²) in [7, 11) is 0. The Labute approximate surface area is 145 Å². The van der Waals surface area contributed by atoms with Gasteiger partial charge in [-0.3, -0.25) is 0 Å². The largest absolute Gasteiger partial charge is 0.364 e. The predicted molar refractivity (Wildman–Crippen MR) is 99.6 cm³/mol. The minimum absolute atomic E-state index is 0.192. The zero-order valence-electron chi connectivity index (χ0n) is 13.5. The van der Waals surface area contributed by atoms with Gasteiger partial charge >= 0.3 is 0 Å². The monoisotopic (exact) mass is 412 g/mol. The minimum atomic E-state index is -0.203. The Balaban J connectivity index is 2.48. The number of rotatable bonds is 3. The molecule has 1 aromatic carbocycles. The van der Waals surface area contributed by atoms with Crippen molar-refractivity contribution in [2.24, 2.45) is 0 Å². The van der Waals surface area contributed by atoms with Crippen LogP contribution in [0.5, 0.6) is 0 Å². The Kier molecular flexibility index (Phi) is 5.32. The molecule has 0 bridgehead atoms. The average molecular weight is 412 g/mol. The molecule has 4 heteroatoms. The quantitative estimate of drug-likeness (QED) is 0.712. The molecule has 1 aliphatic heterocycles. The van der Waals surface area contributed by atoms with Crippen molar-refractivity contribution < 1.29 is 4.39 Å². The van der Waals surface area contributed by atoms with Gasteiger partial charge in [0.2, 0.25) is 0 Å². The highest BCUT2D eigenvalue weighted by Gasteiger charge is 2.29. The lowest BCUT2D eigenvalue weighted by Gasteiger charge is -2.28. The fraction of sp³-hybridized carbons (Fsp3) is 0.333. The minimum Gasteiger partial charge on any atom is -0.364 e. The molecule has 1 aliphatic rings. The smallest absolute Gasteiger partial charge is 0.131 e. The van der Waals surface area contributed by atoms with E-state index in [0.717, 1.165) is 20.5 Å². The summed E-state index contributed by atoms with van der Waals surface area (Å²) in [5, 5.41) is 3.35. The Bertz CT molecular complexity index is 646. The number of benzene rings is 1. The highest BCUT2D eigenvalue weighted by Crippen LogP contribution is 2.30. The van der Waals surface area contributed by atoms with E-state index in [1.54, 1.807) is 6.07 Å². The first-order valence-electron chi connectivity index (χ1n) is 7.42. The maximum Gasteiger partial charge on any atom is 0.131 e. The van der Waals surface area contributed by atoms with Crippen LogP contribution in [0, 0.1) is 9.39 Å². The van der Waals surface area contributed by atoms with Gasteiger partial charge in [-0.05, 0) is 80.1 Å². The number of hydrogen-bond donors (Lipinski definition) is 1. The maximum atomic E-state index is 14.2. The second-order valence-corrected chi connectivity index (χ2v) is 6.94. The third-order valence-corrected chi connectivity index (χ3v) is 4.46. The van der Waals surface area contributed by atoms with Crippen LogP contribution in [0.2, 0.25) is 0 Å². The van der Waals surface area contributed by atoms with E-state index in [4.69, 9.17) is 0 Å². The summed E-state index contributed by atoms with van der Waals surface area (Å²) in [4.78, 5) is 2.26. The van der Waals surface area contributed by atoms with Crippen LogP contribution in [0.1, 0.15) is 33.3 Å². The Morgan fingerprint density at radius 1 is 1.45 bits per heavy atom. The molecule has 2 nitrogen and oxygen atoms in total. The maximum absolute atomic E-state index is 14.2. The average Bonchev–Trinajstić information content (AvgIpc) is 2.73. The molecule has 1 aromatic rings. The van der Waals surface area contributed by atoms with Crippen LogP contribution >= 0.6 is 22.6 Å². The summed E-state index contributed by atoms with van der Waals surface area (Å²) in [6, 6.07) is 5.50. The second-order valence-electron chi connectivity index (χ2n) is 5.70. The van der Waals surface area contributed by atoms with E-state index in [0.29, 0.717) is 11.6 Å². The molecule has 1 saturated heterocycles. The molecule has 22 heavy (non-hydrogen) atoms. The highest BCUT2D eigenvalue weighted by atomic mass is 127. The molecule has 0 saturated carbocycles. The summed E-state index contributed by atoms with van der Waals surface area (Å²) in [5.41, 5.74) is 3.40. The van der Waals surface area contributed by atoms with Gasteiger partial charge in [0.15, 0.2) is 0 Å². The normalized spacial score (nSPS) is 21.0. The van der Waals surface area contributed by atoms with Gasteiger partial charge < -0.3 is 10.2 Å². The molecule has 0 aliphatic carbocycles. The van der Waals surface area contributed by atoms with Crippen LogP contribution in [0.3, 0.4) is 0 Å². The first-order chi connectivity index (χ1) is 10.3. The fourth-order valence-electron chi connectivity index (χ4n) is 2.83. The van der Waals surface area contributed by atoms with Crippen molar-refractivity contribution in [1.82, 2.24) is 10.2 Å². The SMILES string of the molecule is C=C1NC(C)N(C(C)C)/C1=C/C(=C\C)c1cc(I)ccc1F. The molecule has 1 N–H and O–H groups in total. The molecule has 0 aromatic heterocycles. The first kappa shape index (κ1) is 17.1. The summed E-state index contributed by atoms with van der Waals surface area (Å²) in [5.74, 6) is -0.203. The van der Waals surface area contributed by atoms with Crippen LogP contribution in [0.25, 0.3) is 5.57 Å². The van der Waals surface area contributed by atoms with E-state index in [2.05, 4.69) is 60.2 Å². The zero-order valence-corrected chi connectivity index (χ0v) is 15.6. The molecular weight excluding hydrogens is 390 g/mol. The van der Waals surface area contributed by atoms with Crippen molar-refractivity contribution in [3.05, 3.63) is 63.3 Å². The van der Waals surface area contributed by atoms with Crippen LogP contribution in [-0.4, -0.2) is 17.1 Å². The van der Waals surface area contributed by atoms with Crippen molar-refractivity contribution in [3.8, 4) is 0 Å². The van der Waals surface area contributed by atoms with Crippen molar-refractivity contribution in [2.45, 2.75) is 39.9 Å². The van der Waals surface area contributed by atoms with Crippen molar-refractivity contribution in [2.75, 3.05) is 0 Å². The van der Waals surface area contributed by atoms with E-state index in [1.807, 2.05) is 25.1 Å². The molecule has 0 amide bonds. The van der Waals surface area contributed by atoms with E-state index >= 15 is 0 Å². The third kappa shape index (κ3) is 3.37. The molecule has 1 unspecified atom stereocenters. The van der Waals surface area contributed by atoms with E-state index in [-0.39, 0.29) is 12.0 Å². The highest BCUT2D eigenvalue weighted by molar-refractivity contribution is 14.1. The Morgan fingerprint density at radius 3 is 2.73 bits per heavy atom. The van der Waals surface area contributed by atoms with Crippen LogP contribution in [-0.2, 0) is 0 Å². The Morgan fingerprint density at radius 2 is 2.14 bits per heavy atom.